The Balaban J connectivity index is 2.19. The Morgan fingerprint density at radius 2 is 1.56 bits per heavy atom. The summed E-state index contributed by atoms with van der Waals surface area (Å²) >= 11 is 0. The third-order valence-electron chi connectivity index (χ3n) is 4.73. The van der Waals surface area contributed by atoms with Crippen molar-refractivity contribution in [2.24, 2.45) is 0 Å². The van der Waals surface area contributed by atoms with E-state index in [0.717, 1.165) is 24.8 Å². The summed E-state index contributed by atoms with van der Waals surface area (Å²) in [5.41, 5.74) is 1.58. The number of hydrogen-bond donors (Lipinski definition) is 0. The predicted octanol–water partition coefficient (Wildman–Crippen LogP) is 6.67. The summed E-state index contributed by atoms with van der Waals surface area (Å²) in [4.78, 5) is 12.0. The van der Waals surface area contributed by atoms with Crippen LogP contribution in [0.2, 0.25) is 0 Å². The molecule has 150 valence electrons. The number of benzene rings is 1. The van der Waals surface area contributed by atoms with Gasteiger partial charge in [-0.2, -0.15) is 0 Å². The summed E-state index contributed by atoms with van der Waals surface area (Å²) in [7, 11) is 3.00. The maximum atomic E-state index is 12.0. The van der Waals surface area contributed by atoms with E-state index >= 15 is 0 Å². The van der Waals surface area contributed by atoms with Crippen LogP contribution >= 0.6 is 0 Å². The monoisotopic (exact) mass is 372 g/mol. The fraction of sp³-hybridized carbons (Fsp3) is 0.542. The highest BCUT2D eigenvalue weighted by atomic mass is 16.5. The normalized spacial score (nSPS) is 10.9. The van der Waals surface area contributed by atoms with Crippen LogP contribution in [0.15, 0.2) is 43.0 Å². The van der Waals surface area contributed by atoms with Crippen LogP contribution in [0.4, 0.5) is 0 Å². The minimum Gasteiger partial charge on any atom is -0.496 e. The summed E-state index contributed by atoms with van der Waals surface area (Å²) in [5.74, 6) is 0.273. The molecule has 0 aliphatic carbocycles. The molecule has 3 nitrogen and oxygen atoms in total. The Morgan fingerprint density at radius 3 is 2.22 bits per heavy atom. The van der Waals surface area contributed by atoms with E-state index in [1.165, 1.54) is 58.5 Å². The maximum Gasteiger partial charge on any atom is 0.341 e. The summed E-state index contributed by atoms with van der Waals surface area (Å²) in [6.45, 7) is 3.75. The van der Waals surface area contributed by atoms with Gasteiger partial charge in [-0.05, 0) is 63.0 Å². The van der Waals surface area contributed by atoms with Gasteiger partial charge in [0.1, 0.15) is 11.3 Å². The molecule has 0 radical (unpaired) electrons. The lowest BCUT2D eigenvalue weighted by atomic mass is 9.99. The van der Waals surface area contributed by atoms with Gasteiger partial charge in [0.05, 0.1) is 14.2 Å². The van der Waals surface area contributed by atoms with Gasteiger partial charge in [-0.25, -0.2) is 4.79 Å². The van der Waals surface area contributed by atoms with Crippen LogP contribution in [0.5, 0.6) is 5.75 Å². The standard InChI is InChI=1S/C24H36O3/c1-4-5-6-7-8-9-10-11-12-13-14-15-16-18-21-19-17-20-22(26-2)23(21)24(25)27-3/h4,9-10,17,19-20H,1,5-8,11-16,18H2,2-3H3/b10-9-. The number of hydrogen-bond acceptors (Lipinski definition) is 3. The fourth-order valence-electron chi connectivity index (χ4n) is 3.18. The van der Waals surface area contributed by atoms with Crippen molar-refractivity contribution in [3.63, 3.8) is 0 Å². The first-order valence-electron chi connectivity index (χ1n) is 10.2. The number of allylic oxidation sites excluding steroid dienone is 3. The highest BCUT2D eigenvalue weighted by molar-refractivity contribution is 5.94. The molecule has 27 heavy (non-hydrogen) atoms. The van der Waals surface area contributed by atoms with E-state index in [4.69, 9.17) is 9.47 Å². The molecular weight excluding hydrogens is 336 g/mol. The van der Waals surface area contributed by atoms with E-state index in [9.17, 15) is 4.79 Å². The molecule has 0 spiro atoms. The SMILES string of the molecule is C=CCCCC/C=C\CCCCCCCc1cccc(OC)c1C(=O)OC. The number of ether oxygens (including phenoxy) is 2. The first-order chi connectivity index (χ1) is 13.2. The summed E-state index contributed by atoms with van der Waals surface area (Å²) in [6, 6.07) is 5.74. The molecule has 1 rings (SSSR count). The molecule has 0 unspecified atom stereocenters. The van der Waals surface area contributed by atoms with Crippen molar-refractivity contribution in [3.05, 3.63) is 54.1 Å². The van der Waals surface area contributed by atoms with Gasteiger partial charge in [0.15, 0.2) is 0 Å². The van der Waals surface area contributed by atoms with Crippen LogP contribution in [0.1, 0.15) is 80.1 Å². The number of methoxy groups -OCH3 is 2. The molecule has 0 atom stereocenters. The van der Waals surface area contributed by atoms with Crippen LogP contribution < -0.4 is 4.74 Å². The molecule has 3 heteroatoms. The Morgan fingerprint density at radius 1 is 0.926 bits per heavy atom. The van der Waals surface area contributed by atoms with Crippen LogP contribution in [-0.2, 0) is 11.2 Å². The summed E-state index contributed by atoms with van der Waals surface area (Å²) in [5, 5.41) is 0. The zero-order valence-electron chi connectivity index (χ0n) is 17.2. The van der Waals surface area contributed by atoms with Gasteiger partial charge in [-0.1, -0.05) is 49.6 Å². The van der Waals surface area contributed by atoms with Crippen molar-refractivity contribution in [1.82, 2.24) is 0 Å². The number of esters is 1. The average Bonchev–Trinajstić information content (AvgIpc) is 2.70. The zero-order valence-corrected chi connectivity index (χ0v) is 17.2. The quantitative estimate of drug-likeness (QED) is 0.196. The van der Waals surface area contributed by atoms with Gasteiger partial charge < -0.3 is 9.47 Å². The molecule has 0 amide bonds. The van der Waals surface area contributed by atoms with E-state index in [2.05, 4.69) is 18.7 Å². The molecule has 0 aliphatic heterocycles. The highest BCUT2D eigenvalue weighted by Crippen LogP contribution is 2.25. The van der Waals surface area contributed by atoms with Crippen molar-refractivity contribution >= 4 is 5.97 Å². The van der Waals surface area contributed by atoms with Gasteiger partial charge in [0.25, 0.3) is 0 Å². The molecule has 0 fully saturated rings. The van der Waals surface area contributed by atoms with Crippen LogP contribution in [0, 0.1) is 0 Å². The fourth-order valence-corrected chi connectivity index (χ4v) is 3.18. The van der Waals surface area contributed by atoms with Crippen molar-refractivity contribution in [1.29, 1.82) is 0 Å². The first kappa shape index (κ1) is 23.0. The summed E-state index contributed by atoms with van der Waals surface area (Å²) < 4.78 is 10.2. The second-order valence-electron chi connectivity index (χ2n) is 6.84. The van der Waals surface area contributed by atoms with Gasteiger partial charge in [0, 0.05) is 0 Å². The second kappa shape index (κ2) is 15.1. The highest BCUT2D eigenvalue weighted by Gasteiger charge is 2.17. The van der Waals surface area contributed by atoms with E-state index < -0.39 is 0 Å². The topological polar surface area (TPSA) is 35.5 Å². The van der Waals surface area contributed by atoms with Crippen molar-refractivity contribution in [3.8, 4) is 5.75 Å². The molecule has 0 bridgehead atoms. The molecule has 0 saturated carbocycles. The van der Waals surface area contributed by atoms with E-state index in [1.54, 1.807) is 7.11 Å². The number of rotatable bonds is 15. The van der Waals surface area contributed by atoms with E-state index in [1.807, 2.05) is 24.3 Å². The van der Waals surface area contributed by atoms with Crippen LogP contribution in [0.25, 0.3) is 0 Å². The Hall–Kier alpha value is -2.03. The summed E-state index contributed by atoms with van der Waals surface area (Å²) in [6.07, 6.45) is 19.6. The smallest absolute Gasteiger partial charge is 0.341 e. The molecule has 0 aliphatic rings. The van der Waals surface area contributed by atoms with E-state index in [-0.39, 0.29) is 5.97 Å². The average molecular weight is 373 g/mol. The lowest BCUT2D eigenvalue weighted by Crippen LogP contribution is -2.08. The van der Waals surface area contributed by atoms with Gasteiger partial charge in [0.2, 0.25) is 0 Å². The lowest BCUT2D eigenvalue weighted by Gasteiger charge is -2.12. The molecule has 0 N–H and O–H groups in total. The molecule has 0 saturated heterocycles. The lowest BCUT2D eigenvalue weighted by molar-refractivity contribution is 0.0595. The van der Waals surface area contributed by atoms with Gasteiger partial charge >= 0.3 is 5.97 Å². The van der Waals surface area contributed by atoms with Gasteiger partial charge in [-0.3, -0.25) is 0 Å². The van der Waals surface area contributed by atoms with Crippen LogP contribution in [0.3, 0.4) is 0 Å². The van der Waals surface area contributed by atoms with Crippen molar-refractivity contribution < 1.29 is 14.3 Å². The number of unbranched alkanes of at least 4 members (excludes halogenated alkanes) is 8. The molecule has 1 aromatic carbocycles. The third kappa shape index (κ3) is 9.46. The predicted molar refractivity (Wildman–Crippen MR) is 114 cm³/mol. The van der Waals surface area contributed by atoms with Gasteiger partial charge in [-0.15, -0.1) is 6.58 Å². The Kier molecular flexibility index (Phi) is 12.8. The minimum atomic E-state index is -0.321. The third-order valence-corrected chi connectivity index (χ3v) is 4.73. The second-order valence-corrected chi connectivity index (χ2v) is 6.84. The number of aryl methyl sites for hydroxylation is 1. The van der Waals surface area contributed by atoms with E-state index in [0.29, 0.717) is 11.3 Å². The number of carbonyl (C=O) groups excluding carboxylic acids is 1. The minimum absolute atomic E-state index is 0.321. The van der Waals surface area contributed by atoms with Crippen molar-refractivity contribution in [2.45, 2.75) is 70.6 Å². The molecule has 1 aromatic rings. The van der Waals surface area contributed by atoms with Crippen molar-refractivity contribution in [2.75, 3.05) is 14.2 Å². The maximum absolute atomic E-state index is 12.0. The molecule has 0 heterocycles. The molecular formula is C24H36O3. The molecule has 0 aromatic heterocycles. The Labute approximate surface area is 165 Å². The largest absolute Gasteiger partial charge is 0.496 e. The van der Waals surface area contributed by atoms with Crippen LogP contribution in [-0.4, -0.2) is 20.2 Å². The first-order valence-corrected chi connectivity index (χ1v) is 10.2. The number of carbonyl (C=O) groups is 1. The Bertz CT molecular complexity index is 575. The zero-order chi connectivity index (χ0) is 19.7.